The number of rotatable bonds is 7. The number of likely N-dealkylation sites (tertiary alicyclic amines) is 1. The largest absolute Gasteiger partial charge is 0.434 e. The molecule has 3 aromatic heterocycles. The third-order valence-corrected chi connectivity index (χ3v) is 8.55. The molecule has 0 spiro atoms. The van der Waals surface area contributed by atoms with E-state index in [1.54, 1.807) is 18.3 Å². The lowest BCUT2D eigenvalue weighted by molar-refractivity contribution is 0.174. The molecule has 1 atom stereocenters. The van der Waals surface area contributed by atoms with Crippen molar-refractivity contribution in [3.05, 3.63) is 94.5 Å². The molecule has 7 rings (SSSR count). The average molecular weight is 595 g/mol. The number of nitrogens with zero attached hydrogens (tertiary/aromatic N) is 5. The zero-order chi connectivity index (χ0) is 29.7. The molecule has 0 radical (unpaired) electrons. The van der Waals surface area contributed by atoms with Gasteiger partial charge in [0.05, 0.1) is 29.6 Å². The molecule has 0 bridgehead atoms. The molecule has 1 saturated heterocycles. The fourth-order valence-electron chi connectivity index (χ4n) is 5.96. The topological polar surface area (TPSA) is 112 Å². The second kappa shape index (κ2) is 11.1. The number of halogens is 1. The van der Waals surface area contributed by atoms with Crippen molar-refractivity contribution in [3.8, 4) is 22.6 Å². The smallest absolute Gasteiger partial charge is 0.227 e. The molecule has 6 aromatic rings. The quantitative estimate of drug-likeness (QED) is 0.198. The van der Waals surface area contributed by atoms with Crippen LogP contribution >= 0.6 is 11.6 Å². The van der Waals surface area contributed by atoms with Crippen molar-refractivity contribution < 1.29 is 14.6 Å². The number of aromatic nitrogens is 4. The van der Waals surface area contributed by atoms with Crippen molar-refractivity contribution in [2.24, 2.45) is 0 Å². The highest BCUT2D eigenvalue weighted by Crippen LogP contribution is 2.38. The Balaban J connectivity index is 1.21. The lowest BCUT2D eigenvalue weighted by Gasteiger charge is -2.16. The third kappa shape index (κ3) is 5.04. The maximum Gasteiger partial charge on any atom is 0.227 e. The summed E-state index contributed by atoms with van der Waals surface area (Å²) < 4.78 is 8.17. The number of imidazole rings is 1. The number of oxazole rings is 1. The molecular weight excluding hydrogens is 564 g/mol. The molecule has 0 saturated carbocycles. The van der Waals surface area contributed by atoms with Crippen LogP contribution in [0.1, 0.15) is 28.8 Å². The van der Waals surface area contributed by atoms with Crippen LogP contribution in [-0.2, 0) is 13.2 Å². The zero-order valence-electron chi connectivity index (χ0n) is 23.9. The fourth-order valence-corrected chi connectivity index (χ4v) is 6.24. The highest BCUT2D eigenvalue weighted by Gasteiger charge is 2.22. The molecule has 0 aliphatic carbocycles. The van der Waals surface area contributed by atoms with Crippen molar-refractivity contribution in [1.29, 1.82) is 0 Å². The Morgan fingerprint density at radius 3 is 2.63 bits per heavy atom. The summed E-state index contributed by atoms with van der Waals surface area (Å²) in [6, 6.07) is 15.8. The number of aliphatic hydroxyl groups excluding tert-OH is 2. The van der Waals surface area contributed by atoms with Crippen LogP contribution in [-0.4, -0.2) is 53.7 Å². The highest BCUT2D eigenvalue weighted by atomic mass is 35.5. The van der Waals surface area contributed by atoms with Gasteiger partial charge in [0.1, 0.15) is 5.52 Å². The summed E-state index contributed by atoms with van der Waals surface area (Å²) in [5.74, 6) is 1.15. The second-order valence-electron chi connectivity index (χ2n) is 11.1. The predicted molar refractivity (Wildman–Crippen MR) is 167 cm³/mol. The number of hydrogen-bond donors (Lipinski definition) is 3. The van der Waals surface area contributed by atoms with Crippen LogP contribution in [0, 0.1) is 13.8 Å². The van der Waals surface area contributed by atoms with E-state index >= 15 is 0 Å². The van der Waals surface area contributed by atoms with Crippen LogP contribution in [0.3, 0.4) is 0 Å². The molecule has 218 valence electrons. The summed E-state index contributed by atoms with van der Waals surface area (Å²) in [7, 11) is 0. The van der Waals surface area contributed by atoms with Crippen LogP contribution in [0.15, 0.2) is 71.5 Å². The number of β-amino-alcohol motifs (C(OH)–C–C–N with tert-alkyl or cyclic N) is 1. The van der Waals surface area contributed by atoms with E-state index in [0.29, 0.717) is 39.9 Å². The second-order valence-corrected chi connectivity index (χ2v) is 11.5. The van der Waals surface area contributed by atoms with E-state index in [4.69, 9.17) is 21.0 Å². The van der Waals surface area contributed by atoms with Crippen molar-refractivity contribution in [2.75, 3.05) is 18.4 Å². The Bertz CT molecular complexity index is 1980. The lowest BCUT2D eigenvalue weighted by Crippen LogP contribution is -2.22. The van der Waals surface area contributed by atoms with Crippen molar-refractivity contribution >= 4 is 39.9 Å². The normalized spacial score (nSPS) is 15.6. The fraction of sp³-hybridized carbons (Fsp3) is 0.242. The molecule has 3 aromatic carbocycles. The lowest BCUT2D eigenvalue weighted by atomic mass is 9.93. The van der Waals surface area contributed by atoms with Gasteiger partial charge in [-0.25, -0.2) is 15.0 Å². The van der Waals surface area contributed by atoms with Crippen molar-refractivity contribution in [2.45, 2.75) is 39.5 Å². The predicted octanol–water partition coefficient (Wildman–Crippen LogP) is 6.28. The van der Waals surface area contributed by atoms with Crippen LogP contribution in [0.2, 0.25) is 5.02 Å². The monoisotopic (exact) mass is 594 g/mol. The first kappa shape index (κ1) is 27.5. The summed E-state index contributed by atoms with van der Waals surface area (Å²) in [6.45, 7) is 6.32. The number of hydrogen-bond acceptors (Lipinski definition) is 8. The van der Waals surface area contributed by atoms with Crippen LogP contribution in [0.25, 0.3) is 39.3 Å². The van der Waals surface area contributed by atoms with E-state index in [1.165, 1.54) is 0 Å². The van der Waals surface area contributed by atoms with Gasteiger partial charge < -0.3 is 19.9 Å². The molecule has 10 heteroatoms. The Kier molecular flexibility index (Phi) is 7.10. The first-order valence-corrected chi connectivity index (χ1v) is 14.7. The molecule has 1 aliphatic rings. The van der Waals surface area contributed by atoms with E-state index in [0.717, 1.165) is 64.4 Å². The summed E-state index contributed by atoms with van der Waals surface area (Å²) in [6.07, 6.45) is 6.14. The van der Waals surface area contributed by atoms with E-state index < -0.39 is 0 Å². The SMILES string of the molecule is Cc1c(Nc2nccn3c(CN4CCC(O)C4)cnc23)cccc1-c1cccc(-c2nc3cc(CO)cc(Cl)c3o2)c1C. The number of nitrogens with one attached hydrogen (secondary N) is 1. The van der Waals surface area contributed by atoms with Gasteiger partial charge in [-0.15, -0.1) is 0 Å². The molecule has 1 aliphatic heterocycles. The molecule has 1 fully saturated rings. The minimum absolute atomic E-state index is 0.120. The number of fused-ring (bicyclic) bond motifs is 2. The summed E-state index contributed by atoms with van der Waals surface area (Å²) >= 11 is 6.42. The van der Waals surface area contributed by atoms with Gasteiger partial charge in [0.25, 0.3) is 0 Å². The first-order chi connectivity index (χ1) is 20.9. The Hall–Kier alpha value is -4.28. The van der Waals surface area contributed by atoms with E-state index in [9.17, 15) is 10.2 Å². The van der Waals surface area contributed by atoms with Gasteiger partial charge in [0, 0.05) is 43.3 Å². The average Bonchev–Trinajstić information content (AvgIpc) is 3.74. The summed E-state index contributed by atoms with van der Waals surface area (Å²) in [5, 5.41) is 23.4. The molecule has 1 unspecified atom stereocenters. The molecule has 43 heavy (non-hydrogen) atoms. The van der Waals surface area contributed by atoms with Gasteiger partial charge in [0.2, 0.25) is 5.89 Å². The molecular formula is C33H31ClN6O3. The van der Waals surface area contributed by atoms with Crippen molar-refractivity contribution in [3.63, 3.8) is 0 Å². The molecule has 9 nitrogen and oxygen atoms in total. The van der Waals surface area contributed by atoms with E-state index in [-0.39, 0.29) is 12.7 Å². The summed E-state index contributed by atoms with van der Waals surface area (Å²) in [4.78, 5) is 16.3. The number of anilines is 2. The Labute approximate surface area is 253 Å². The minimum Gasteiger partial charge on any atom is -0.434 e. The van der Waals surface area contributed by atoms with Crippen LogP contribution in [0.4, 0.5) is 11.5 Å². The molecule has 0 amide bonds. The molecule has 4 heterocycles. The standard InChI is InChI=1S/C33H31ClN6O3/c1-19-24(5-3-7-26(19)33-38-29-14-21(18-41)13-27(34)30(29)43-33)25-6-4-8-28(20(25)2)37-31-32-36-15-22(40(32)12-10-35-31)16-39-11-9-23(42)17-39/h3-8,10,12-15,23,41-42H,9,11,16-18H2,1-2H3,(H,35,37). The van der Waals surface area contributed by atoms with Gasteiger partial charge >= 0.3 is 0 Å². The highest BCUT2D eigenvalue weighted by molar-refractivity contribution is 6.34. The molecule has 3 N–H and O–H groups in total. The van der Waals surface area contributed by atoms with E-state index in [2.05, 4.69) is 50.6 Å². The van der Waals surface area contributed by atoms with Crippen molar-refractivity contribution in [1.82, 2.24) is 24.3 Å². The zero-order valence-corrected chi connectivity index (χ0v) is 24.6. The maximum atomic E-state index is 9.92. The first-order valence-electron chi connectivity index (χ1n) is 14.3. The van der Waals surface area contributed by atoms with E-state index in [1.807, 2.05) is 36.7 Å². The van der Waals surface area contributed by atoms with Crippen LogP contribution < -0.4 is 5.32 Å². The Morgan fingerprint density at radius 1 is 1.05 bits per heavy atom. The van der Waals surface area contributed by atoms with Gasteiger partial charge in [-0.2, -0.15) is 0 Å². The van der Waals surface area contributed by atoms with Crippen LogP contribution in [0.5, 0.6) is 0 Å². The third-order valence-electron chi connectivity index (χ3n) is 8.27. The van der Waals surface area contributed by atoms with Gasteiger partial charge in [-0.1, -0.05) is 35.9 Å². The van der Waals surface area contributed by atoms with Gasteiger partial charge in [-0.05, 0) is 72.4 Å². The van der Waals surface area contributed by atoms with Gasteiger partial charge in [-0.3, -0.25) is 9.30 Å². The summed E-state index contributed by atoms with van der Waals surface area (Å²) in [5.41, 5.74) is 9.63. The number of benzene rings is 3. The maximum absolute atomic E-state index is 9.92. The number of aliphatic hydroxyl groups is 2. The minimum atomic E-state index is -0.258. The van der Waals surface area contributed by atoms with Gasteiger partial charge in [0.15, 0.2) is 17.0 Å². The Morgan fingerprint density at radius 2 is 1.84 bits per heavy atom.